The molecule has 0 saturated heterocycles. The van der Waals surface area contributed by atoms with Crippen LogP contribution in [0, 0.1) is 5.41 Å². The van der Waals surface area contributed by atoms with Gasteiger partial charge in [0.2, 0.25) is 0 Å². The van der Waals surface area contributed by atoms with Crippen LogP contribution in [-0.2, 0) is 0 Å². The first-order valence-corrected chi connectivity index (χ1v) is 6.93. The Labute approximate surface area is 112 Å². The van der Waals surface area contributed by atoms with Crippen molar-refractivity contribution in [1.82, 2.24) is 14.9 Å². The van der Waals surface area contributed by atoms with Gasteiger partial charge < -0.3 is 10.2 Å². The molecule has 18 heavy (non-hydrogen) atoms. The number of hydrogen-bond donors (Lipinski definition) is 1. The van der Waals surface area contributed by atoms with E-state index in [1.807, 2.05) is 6.07 Å². The standard InChI is InChI=1S/C13H20N4S/c1-13(2,8-17(3)4)7-14-12-11-10(5-6-18-11)15-9-16-12/h5-6,9H,7-8H2,1-4H3,(H,14,15,16). The van der Waals surface area contributed by atoms with Crippen molar-refractivity contribution in [3.8, 4) is 0 Å². The maximum Gasteiger partial charge on any atom is 0.147 e. The van der Waals surface area contributed by atoms with E-state index in [1.165, 1.54) is 0 Å². The van der Waals surface area contributed by atoms with Crippen LogP contribution in [0.3, 0.4) is 0 Å². The van der Waals surface area contributed by atoms with E-state index in [4.69, 9.17) is 0 Å². The number of fused-ring (bicyclic) bond motifs is 1. The number of nitrogens with one attached hydrogen (secondary N) is 1. The summed E-state index contributed by atoms with van der Waals surface area (Å²) < 4.78 is 1.14. The molecular formula is C13H20N4S. The molecule has 0 unspecified atom stereocenters. The topological polar surface area (TPSA) is 41.0 Å². The lowest BCUT2D eigenvalue weighted by Crippen LogP contribution is -2.34. The van der Waals surface area contributed by atoms with Gasteiger partial charge in [0.1, 0.15) is 12.1 Å². The van der Waals surface area contributed by atoms with E-state index < -0.39 is 0 Å². The molecule has 2 heterocycles. The second kappa shape index (κ2) is 5.20. The summed E-state index contributed by atoms with van der Waals surface area (Å²) in [5.74, 6) is 0.946. The predicted molar refractivity (Wildman–Crippen MR) is 78.2 cm³/mol. The van der Waals surface area contributed by atoms with Gasteiger partial charge in [-0.1, -0.05) is 13.8 Å². The highest BCUT2D eigenvalue weighted by Crippen LogP contribution is 2.26. The monoisotopic (exact) mass is 264 g/mol. The largest absolute Gasteiger partial charge is 0.368 e. The van der Waals surface area contributed by atoms with Crippen molar-refractivity contribution in [2.75, 3.05) is 32.5 Å². The first-order chi connectivity index (χ1) is 8.48. The van der Waals surface area contributed by atoms with Crippen LogP contribution in [0.1, 0.15) is 13.8 Å². The molecule has 0 aliphatic rings. The third kappa shape index (κ3) is 3.17. The fourth-order valence-electron chi connectivity index (χ4n) is 2.15. The van der Waals surface area contributed by atoms with Crippen molar-refractivity contribution < 1.29 is 0 Å². The van der Waals surface area contributed by atoms with Gasteiger partial charge in [-0.3, -0.25) is 0 Å². The molecule has 2 rings (SSSR count). The highest BCUT2D eigenvalue weighted by molar-refractivity contribution is 7.17. The molecule has 0 atom stereocenters. The first-order valence-electron chi connectivity index (χ1n) is 6.05. The number of aromatic nitrogens is 2. The molecule has 0 saturated carbocycles. The van der Waals surface area contributed by atoms with Crippen LogP contribution < -0.4 is 5.32 Å². The maximum atomic E-state index is 4.34. The zero-order valence-electron chi connectivity index (χ0n) is 11.4. The van der Waals surface area contributed by atoms with Crippen LogP contribution >= 0.6 is 11.3 Å². The minimum absolute atomic E-state index is 0.206. The quantitative estimate of drug-likeness (QED) is 0.901. The Morgan fingerprint density at radius 1 is 1.33 bits per heavy atom. The SMILES string of the molecule is CN(C)CC(C)(C)CNc1ncnc2ccsc12. The summed E-state index contributed by atoms with van der Waals surface area (Å²) in [5.41, 5.74) is 1.22. The predicted octanol–water partition coefficient (Wildman–Crippen LogP) is 2.69. The second-order valence-electron chi connectivity index (χ2n) is 5.61. The molecule has 0 spiro atoms. The summed E-state index contributed by atoms with van der Waals surface area (Å²) in [6.07, 6.45) is 1.62. The molecule has 0 aliphatic heterocycles. The van der Waals surface area contributed by atoms with Gasteiger partial charge in [-0.05, 0) is 31.0 Å². The Hall–Kier alpha value is -1.20. The molecule has 0 radical (unpaired) electrons. The molecule has 2 aromatic heterocycles. The van der Waals surface area contributed by atoms with Crippen LogP contribution in [-0.4, -0.2) is 42.1 Å². The Morgan fingerprint density at radius 2 is 2.11 bits per heavy atom. The molecule has 0 aliphatic carbocycles. The number of thiophene rings is 1. The van der Waals surface area contributed by atoms with Crippen LogP contribution in [0.2, 0.25) is 0 Å². The van der Waals surface area contributed by atoms with E-state index in [-0.39, 0.29) is 5.41 Å². The molecule has 98 valence electrons. The Balaban J connectivity index is 2.08. The fraction of sp³-hybridized carbons (Fsp3) is 0.538. The van der Waals surface area contributed by atoms with Gasteiger partial charge in [-0.25, -0.2) is 9.97 Å². The molecule has 0 bridgehead atoms. The zero-order chi connectivity index (χ0) is 13.2. The molecule has 5 heteroatoms. The highest BCUT2D eigenvalue weighted by atomic mass is 32.1. The van der Waals surface area contributed by atoms with Crippen LogP contribution in [0.5, 0.6) is 0 Å². The average molecular weight is 264 g/mol. The third-order valence-corrected chi connectivity index (χ3v) is 3.63. The van der Waals surface area contributed by atoms with Gasteiger partial charge >= 0.3 is 0 Å². The van der Waals surface area contributed by atoms with E-state index in [0.29, 0.717) is 0 Å². The minimum Gasteiger partial charge on any atom is -0.368 e. The molecule has 0 aromatic carbocycles. The first kappa shape index (κ1) is 13.2. The van der Waals surface area contributed by atoms with Gasteiger partial charge in [0.05, 0.1) is 10.2 Å². The summed E-state index contributed by atoms with van der Waals surface area (Å²) in [4.78, 5) is 10.8. The van der Waals surface area contributed by atoms with E-state index in [2.05, 4.69) is 53.5 Å². The Kier molecular flexibility index (Phi) is 3.82. The minimum atomic E-state index is 0.206. The summed E-state index contributed by atoms with van der Waals surface area (Å²) in [6.45, 7) is 6.45. The van der Waals surface area contributed by atoms with E-state index in [9.17, 15) is 0 Å². The van der Waals surface area contributed by atoms with Gasteiger partial charge in [-0.15, -0.1) is 11.3 Å². The smallest absolute Gasteiger partial charge is 0.147 e. The molecule has 1 N–H and O–H groups in total. The van der Waals surface area contributed by atoms with Crippen LogP contribution in [0.4, 0.5) is 5.82 Å². The second-order valence-corrected chi connectivity index (χ2v) is 6.53. The molecule has 4 nitrogen and oxygen atoms in total. The lowest BCUT2D eigenvalue weighted by molar-refractivity contribution is 0.254. The molecular weight excluding hydrogens is 244 g/mol. The van der Waals surface area contributed by atoms with Crippen LogP contribution in [0.25, 0.3) is 10.2 Å². The number of hydrogen-bond acceptors (Lipinski definition) is 5. The fourth-order valence-corrected chi connectivity index (χ4v) is 2.96. The van der Waals surface area contributed by atoms with E-state index >= 15 is 0 Å². The van der Waals surface area contributed by atoms with Gasteiger partial charge in [0, 0.05) is 13.1 Å². The van der Waals surface area contributed by atoms with Crippen LogP contribution in [0.15, 0.2) is 17.8 Å². The number of nitrogens with zero attached hydrogens (tertiary/aromatic N) is 3. The van der Waals surface area contributed by atoms with Gasteiger partial charge in [-0.2, -0.15) is 0 Å². The van der Waals surface area contributed by atoms with Crippen molar-refractivity contribution >= 4 is 27.4 Å². The van der Waals surface area contributed by atoms with Crippen molar-refractivity contribution in [1.29, 1.82) is 0 Å². The summed E-state index contributed by atoms with van der Waals surface area (Å²) in [6, 6.07) is 2.03. The summed E-state index contributed by atoms with van der Waals surface area (Å²) >= 11 is 1.68. The van der Waals surface area contributed by atoms with E-state index in [1.54, 1.807) is 17.7 Å². The summed E-state index contributed by atoms with van der Waals surface area (Å²) in [5, 5.41) is 5.50. The third-order valence-electron chi connectivity index (χ3n) is 2.72. The maximum absolute atomic E-state index is 4.34. The zero-order valence-corrected chi connectivity index (χ0v) is 12.2. The number of anilines is 1. The number of rotatable bonds is 5. The Morgan fingerprint density at radius 3 is 2.83 bits per heavy atom. The van der Waals surface area contributed by atoms with Crippen molar-refractivity contribution in [2.24, 2.45) is 5.41 Å². The highest BCUT2D eigenvalue weighted by Gasteiger charge is 2.19. The average Bonchev–Trinajstić information content (AvgIpc) is 2.72. The lowest BCUT2D eigenvalue weighted by atomic mass is 9.93. The molecule has 0 amide bonds. The molecule has 2 aromatic rings. The van der Waals surface area contributed by atoms with Gasteiger partial charge in [0.25, 0.3) is 0 Å². The Bertz CT molecular complexity index is 518. The van der Waals surface area contributed by atoms with Crippen molar-refractivity contribution in [2.45, 2.75) is 13.8 Å². The van der Waals surface area contributed by atoms with E-state index in [0.717, 1.165) is 29.1 Å². The lowest BCUT2D eigenvalue weighted by Gasteiger charge is -2.28. The molecule has 0 fully saturated rings. The van der Waals surface area contributed by atoms with Crippen molar-refractivity contribution in [3.63, 3.8) is 0 Å². The van der Waals surface area contributed by atoms with Crippen molar-refractivity contribution in [3.05, 3.63) is 17.8 Å². The summed E-state index contributed by atoms with van der Waals surface area (Å²) in [7, 11) is 4.20. The normalized spacial score (nSPS) is 12.3. The van der Waals surface area contributed by atoms with Gasteiger partial charge in [0.15, 0.2) is 0 Å².